The van der Waals surface area contributed by atoms with E-state index in [2.05, 4.69) is 126 Å². The van der Waals surface area contributed by atoms with Crippen molar-refractivity contribution in [2.24, 2.45) is 0 Å². The minimum atomic E-state index is 0.290. The summed E-state index contributed by atoms with van der Waals surface area (Å²) >= 11 is 0. The van der Waals surface area contributed by atoms with Crippen LogP contribution in [0.3, 0.4) is 0 Å². The van der Waals surface area contributed by atoms with Gasteiger partial charge in [0.25, 0.3) is 0 Å². The van der Waals surface area contributed by atoms with Crippen LogP contribution in [0.4, 0.5) is 22.7 Å². The van der Waals surface area contributed by atoms with Crippen LogP contribution in [0, 0.1) is 27.7 Å². The van der Waals surface area contributed by atoms with Gasteiger partial charge in [-0.25, -0.2) is 0 Å². The molecule has 4 heteroatoms. The molecule has 208 valence electrons. The van der Waals surface area contributed by atoms with E-state index in [9.17, 15) is 0 Å². The normalized spacial score (nSPS) is 12.6. The molecule has 0 atom stereocenters. The number of anilines is 4. The summed E-state index contributed by atoms with van der Waals surface area (Å²) in [5, 5.41) is 0. The molecule has 5 rings (SSSR count). The van der Waals surface area contributed by atoms with Gasteiger partial charge < -0.3 is 19.3 Å². The minimum absolute atomic E-state index is 0.290. The summed E-state index contributed by atoms with van der Waals surface area (Å²) < 4.78 is 11.3. The Hall–Kier alpha value is -3.92. The van der Waals surface area contributed by atoms with Gasteiger partial charge in [-0.1, -0.05) is 12.1 Å². The number of aryl methyl sites for hydroxylation is 4. The molecule has 0 N–H and O–H groups in total. The van der Waals surface area contributed by atoms with Crippen molar-refractivity contribution < 1.29 is 9.47 Å². The third kappa shape index (κ3) is 4.60. The second-order valence-corrected chi connectivity index (χ2v) is 11.6. The molecule has 1 aliphatic rings. The van der Waals surface area contributed by atoms with Gasteiger partial charge in [0, 0.05) is 12.1 Å². The second-order valence-electron chi connectivity index (χ2n) is 11.6. The summed E-state index contributed by atoms with van der Waals surface area (Å²) in [6.45, 7) is 17.6. The lowest BCUT2D eigenvalue weighted by Crippen LogP contribution is -2.36. The van der Waals surface area contributed by atoms with Crippen LogP contribution in [-0.4, -0.2) is 26.3 Å². The fourth-order valence-electron chi connectivity index (χ4n) is 6.45. The fraction of sp³-hybridized carbons (Fsp3) is 0.333. The molecule has 0 aliphatic carbocycles. The smallest absolute Gasteiger partial charge is 0.124 e. The van der Waals surface area contributed by atoms with E-state index in [1.54, 1.807) is 14.2 Å². The first-order valence-electron chi connectivity index (χ1n) is 14.2. The summed E-state index contributed by atoms with van der Waals surface area (Å²) in [6, 6.07) is 23.3. The van der Waals surface area contributed by atoms with Crippen molar-refractivity contribution in [2.75, 3.05) is 24.0 Å². The number of hydrogen-bond donors (Lipinski definition) is 0. The highest BCUT2D eigenvalue weighted by molar-refractivity contribution is 5.97. The molecule has 1 aliphatic heterocycles. The molecule has 0 spiro atoms. The monoisotopic (exact) mass is 534 g/mol. The zero-order valence-corrected chi connectivity index (χ0v) is 25.6. The molecule has 4 nitrogen and oxygen atoms in total. The first-order chi connectivity index (χ1) is 19.0. The van der Waals surface area contributed by atoms with Crippen LogP contribution >= 0.6 is 0 Å². The zero-order chi connectivity index (χ0) is 28.9. The predicted octanol–water partition coefficient (Wildman–Crippen LogP) is 9.68. The van der Waals surface area contributed by atoms with Crippen LogP contribution in [0.2, 0.25) is 0 Å². The average molecular weight is 535 g/mol. The van der Waals surface area contributed by atoms with E-state index in [-0.39, 0.29) is 12.1 Å². The summed E-state index contributed by atoms with van der Waals surface area (Å²) in [5.74, 6) is 1.92. The van der Waals surface area contributed by atoms with E-state index in [1.807, 2.05) is 0 Å². The van der Waals surface area contributed by atoms with Crippen LogP contribution < -0.4 is 19.3 Å². The van der Waals surface area contributed by atoms with Gasteiger partial charge in [-0.2, -0.15) is 0 Å². The van der Waals surface area contributed by atoms with Crippen LogP contribution in [0.5, 0.6) is 11.5 Å². The van der Waals surface area contributed by atoms with E-state index >= 15 is 0 Å². The van der Waals surface area contributed by atoms with Gasteiger partial charge in [0.2, 0.25) is 0 Å². The number of hydrogen-bond acceptors (Lipinski definition) is 4. The van der Waals surface area contributed by atoms with Crippen molar-refractivity contribution in [2.45, 2.75) is 67.5 Å². The molecule has 0 bridgehead atoms. The molecule has 0 fully saturated rings. The zero-order valence-electron chi connectivity index (χ0n) is 25.6. The molecule has 0 unspecified atom stereocenters. The van der Waals surface area contributed by atoms with Crippen LogP contribution in [0.25, 0.3) is 22.3 Å². The maximum Gasteiger partial charge on any atom is 0.124 e. The van der Waals surface area contributed by atoms with E-state index in [0.717, 1.165) is 33.8 Å². The number of nitrogens with zero attached hydrogens (tertiary/aromatic N) is 2. The minimum Gasteiger partial charge on any atom is -0.496 e. The summed E-state index contributed by atoms with van der Waals surface area (Å²) in [4.78, 5) is 4.98. The Morgan fingerprint density at radius 1 is 0.450 bits per heavy atom. The molecule has 0 saturated heterocycles. The molecule has 40 heavy (non-hydrogen) atoms. The van der Waals surface area contributed by atoms with Crippen molar-refractivity contribution in [3.05, 3.63) is 82.9 Å². The number of rotatable bonds is 6. The maximum absolute atomic E-state index is 5.63. The summed E-state index contributed by atoms with van der Waals surface area (Å²) in [6.07, 6.45) is 0. The molecular formula is C36H42N2O2. The Bertz CT molecular complexity index is 1420. The van der Waals surface area contributed by atoms with Gasteiger partial charge in [0.05, 0.1) is 37.0 Å². The lowest BCUT2D eigenvalue weighted by atomic mass is 9.94. The lowest BCUT2D eigenvalue weighted by Gasteiger charge is -2.44. The molecule has 0 amide bonds. The molecule has 4 aromatic carbocycles. The predicted molar refractivity (Wildman–Crippen MR) is 170 cm³/mol. The molecule has 1 heterocycles. The van der Waals surface area contributed by atoms with Crippen LogP contribution in [0.15, 0.2) is 60.7 Å². The van der Waals surface area contributed by atoms with Crippen molar-refractivity contribution in [1.29, 1.82) is 0 Å². The summed E-state index contributed by atoms with van der Waals surface area (Å²) in [7, 11) is 3.49. The lowest BCUT2D eigenvalue weighted by molar-refractivity contribution is 0.408. The number of ether oxygens (including phenoxy) is 2. The van der Waals surface area contributed by atoms with E-state index in [4.69, 9.17) is 9.47 Å². The Balaban J connectivity index is 1.67. The van der Waals surface area contributed by atoms with Crippen molar-refractivity contribution in [3.8, 4) is 33.8 Å². The van der Waals surface area contributed by atoms with Crippen LogP contribution in [-0.2, 0) is 0 Å². The van der Waals surface area contributed by atoms with Gasteiger partial charge in [-0.05, 0) is 148 Å². The Labute approximate surface area is 240 Å². The first-order valence-corrected chi connectivity index (χ1v) is 14.2. The highest BCUT2D eigenvalue weighted by Crippen LogP contribution is 2.52. The van der Waals surface area contributed by atoms with E-state index < -0.39 is 0 Å². The Kier molecular flexibility index (Phi) is 7.31. The van der Waals surface area contributed by atoms with Crippen molar-refractivity contribution >= 4 is 22.7 Å². The van der Waals surface area contributed by atoms with Gasteiger partial charge in [-0.15, -0.1) is 0 Å². The average Bonchev–Trinajstić information content (AvgIpc) is 2.90. The molecule has 0 radical (unpaired) electrons. The third-order valence-electron chi connectivity index (χ3n) is 8.02. The number of benzene rings is 4. The van der Waals surface area contributed by atoms with Crippen LogP contribution in [0.1, 0.15) is 49.9 Å². The highest BCUT2D eigenvalue weighted by atomic mass is 16.5. The molecule has 0 saturated carbocycles. The SMILES string of the molecule is COc1c(C)cc(-c2ccc3c(c2)N(C(C)C)c2ccc(-c4cc(C)c(OC)c(C)c4)cc2N3C(C)C)cc1C. The Morgan fingerprint density at radius 2 is 0.775 bits per heavy atom. The largest absolute Gasteiger partial charge is 0.496 e. The van der Waals surface area contributed by atoms with Gasteiger partial charge in [-0.3, -0.25) is 0 Å². The summed E-state index contributed by atoms with van der Waals surface area (Å²) in [5.41, 5.74) is 14.4. The third-order valence-corrected chi connectivity index (χ3v) is 8.02. The second kappa shape index (κ2) is 10.6. The maximum atomic E-state index is 5.63. The van der Waals surface area contributed by atoms with E-state index in [0.29, 0.717) is 0 Å². The quantitative estimate of drug-likeness (QED) is 0.246. The van der Waals surface area contributed by atoms with Crippen molar-refractivity contribution in [1.82, 2.24) is 0 Å². The Morgan fingerprint density at radius 3 is 1.05 bits per heavy atom. The molecule has 4 aromatic rings. The fourth-order valence-corrected chi connectivity index (χ4v) is 6.45. The van der Waals surface area contributed by atoms with Gasteiger partial charge in [0.1, 0.15) is 11.5 Å². The standard InChI is InChI=1S/C36H42N2O2/c1-21(2)37-31-13-11-28(30-17-25(7)36(40-10)26(8)18-30)20-34(31)38(22(3)4)32-14-12-27(19-33(32)37)29-15-23(5)35(39-9)24(6)16-29/h11-22H,1-10H3. The highest BCUT2D eigenvalue weighted by Gasteiger charge is 2.32. The van der Waals surface area contributed by atoms with E-state index in [1.165, 1.54) is 45.0 Å². The molecular weight excluding hydrogens is 492 g/mol. The molecule has 0 aromatic heterocycles. The van der Waals surface area contributed by atoms with Gasteiger partial charge >= 0.3 is 0 Å². The number of fused-ring (bicyclic) bond motifs is 2. The first kappa shape index (κ1) is 27.6. The van der Waals surface area contributed by atoms with Crippen molar-refractivity contribution in [3.63, 3.8) is 0 Å². The topological polar surface area (TPSA) is 24.9 Å². The van der Waals surface area contributed by atoms with Gasteiger partial charge in [0.15, 0.2) is 0 Å². The number of methoxy groups -OCH3 is 2.